The predicted molar refractivity (Wildman–Crippen MR) is 56.4 cm³/mol. The maximum atomic E-state index is 10.9. The van der Waals surface area contributed by atoms with Crippen LogP contribution in [0.5, 0.6) is 0 Å². The van der Waals surface area contributed by atoms with Crippen LogP contribution in [0.2, 0.25) is 5.15 Å². The summed E-state index contributed by atoms with van der Waals surface area (Å²) in [6.07, 6.45) is 2.06. The monoisotopic (exact) mass is 213 g/mol. The molecule has 1 aromatic heterocycles. The fraction of sp³-hybridized carbons (Fsp3) is 0.333. The standard InChI is InChI=1S/C9H12ClN3O/c1-11-9(14)3-5-12-7-2-4-13-8(10)6-7/h2,4,6H,3,5H2,1H3,(H,11,14)(H,12,13). The number of pyridine rings is 1. The number of carbonyl (C=O) groups is 1. The molecule has 0 spiro atoms. The molecule has 0 radical (unpaired) electrons. The lowest BCUT2D eigenvalue weighted by molar-refractivity contribution is -0.120. The van der Waals surface area contributed by atoms with E-state index < -0.39 is 0 Å². The highest BCUT2D eigenvalue weighted by atomic mass is 35.5. The predicted octanol–water partition coefficient (Wildman–Crippen LogP) is 1.28. The van der Waals surface area contributed by atoms with Crippen molar-refractivity contribution in [3.63, 3.8) is 0 Å². The van der Waals surface area contributed by atoms with Gasteiger partial charge in [-0.1, -0.05) is 11.6 Å². The van der Waals surface area contributed by atoms with Gasteiger partial charge < -0.3 is 10.6 Å². The maximum Gasteiger partial charge on any atom is 0.221 e. The molecule has 76 valence electrons. The molecule has 0 aliphatic rings. The quantitative estimate of drug-likeness (QED) is 0.741. The number of carbonyl (C=O) groups excluding carboxylic acids is 1. The summed E-state index contributed by atoms with van der Waals surface area (Å²) in [6.45, 7) is 0.583. The average molecular weight is 214 g/mol. The molecule has 0 unspecified atom stereocenters. The molecule has 0 fully saturated rings. The van der Waals surface area contributed by atoms with Gasteiger partial charge in [0.05, 0.1) is 0 Å². The van der Waals surface area contributed by atoms with Gasteiger partial charge in [0, 0.05) is 31.9 Å². The molecule has 1 heterocycles. The fourth-order valence-electron chi connectivity index (χ4n) is 0.958. The molecule has 0 aromatic carbocycles. The molecule has 1 rings (SSSR count). The third-order valence-corrected chi connectivity index (χ3v) is 1.89. The molecule has 1 aromatic rings. The van der Waals surface area contributed by atoms with Gasteiger partial charge in [0.2, 0.25) is 5.91 Å². The number of rotatable bonds is 4. The van der Waals surface area contributed by atoms with E-state index in [1.165, 1.54) is 0 Å². The summed E-state index contributed by atoms with van der Waals surface area (Å²) in [5, 5.41) is 6.05. The Kier molecular flexibility index (Phi) is 4.19. The summed E-state index contributed by atoms with van der Waals surface area (Å²) >= 11 is 5.68. The third-order valence-electron chi connectivity index (χ3n) is 1.69. The van der Waals surface area contributed by atoms with Crippen molar-refractivity contribution in [3.8, 4) is 0 Å². The van der Waals surface area contributed by atoms with E-state index in [4.69, 9.17) is 11.6 Å². The minimum atomic E-state index is 0.0117. The molecule has 1 amide bonds. The van der Waals surface area contributed by atoms with Gasteiger partial charge in [0.1, 0.15) is 5.15 Å². The number of amides is 1. The zero-order valence-corrected chi connectivity index (χ0v) is 8.64. The second-order valence-electron chi connectivity index (χ2n) is 2.72. The van der Waals surface area contributed by atoms with Crippen LogP contribution in [-0.4, -0.2) is 24.5 Å². The first kappa shape index (κ1) is 10.8. The van der Waals surface area contributed by atoms with Crippen LogP contribution >= 0.6 is 11.6 Å². The molecule has 14 heavy (non-hydrogen) atoms. The van der Waals surface area contributed by atoms with Gasteiger partial charge in [0.25, 0.3) is 0 Å². The van der Waals surface area contributed by atoms with E-state index in [-0.39, 0.29) is 5.91 Å². The zero-order valence-electron chi connectivity index (χ0n) is 7.88. The summed E-state index contributed by atoms with van der Waals surface area (Å²) in [4.78, 5) is 14.7. The Labute approximate surface area is 87.7 Å². The van der Waals surface area contributed by atoms with Crippen LogP contribution in [0.25, 0.3) is 0 Å². The van der Waals surface area contributed by atoms with Crippen molar-refractivity contribution < 1.29 is 4.79 Å². The van der Waals surface area contributed by atoms with Gasteiger partial charge in [-0.3, -0.25) is 4.79 Å². The number of halogens is 1. The second kappa shape index (κ2) is 5.44. The Bertz CT molecular complexity index is 317. The maximum absolute atomic E-state index is 10.9. The van der Waals surface area contributed by atoms with Crippen molar-refractivity contribution in [2.75, 3.05) is 18.9 Å². The minimum absolute atomic E-state index is 0.0117. The average Bonchev–Trinajstić information content (AvgIpc) is 2.17. The SMILES string of the molecule is CNC(=O)CCNc1ccnc(Cl)c1. The topological polar surface area (TPSA) is 54.0 Å². The smallest absolute Gasteiger partial charge is 0.221 e. The number of anilines is 1. The molecule has 0 aliphatic carbocycles. The van der Waals surface area contributed by atoms with Gasteiger partial charge in [0.15, 0.2) is 0 Å². The largest absolute Gasteiger partial charge is 0.384 e. The molecule has 5 heteroatoms. The van der Waals surface area contributed by atoms with Crippen molar-refractivity contribution in [1.82, 2.24) is 10.3 Å². The second-order valence-corrected chi connectivity index (χ2v) is 3.10. The van der Waals surface area contributed by atoms with Gasteiger partial charge in [-0.05, 0) is 12.1 Å². The fourth-order valence-corrected chi connectivity index (χ4v) is 1.13. The first-order valence-corrected chi connectivity index (χ1v) is 4.66. The van der Waals surface area contributed by atoms with Crippen molar-refractivity contribution in [3.05, 3.63) is 23.5 Å². The van der Waals surface area contributed by atoms with E-state index in [0.29, 0.717) is 18.1 Å². The van der Waals surface area contributed by atoms with Crippen LogP contribution in [0.3, 0.4) is 0 Å². The van der Waals surface area contributed by atoms with Crippen molar-refractivity contribution in [1.29, 1.82) is 0 Å². The van der Waals surface area contributed by atoms with E-state index in [1.807, 2.05) is 0 Å². The summed E-state index contributed by atoms with van der Waals surface area (Å²) in [5.74, 6) is 0.0117. The first-order valence-electron chi connectivity index (χ1n) is 4.28. The van der Waals surface area contributed by atoms with Crippen molar-refractivity contribution in [2.24, 2.45) is 0 Å². The number of nitrogens with one attached hydrogen (secondary N) is 2. The summed E-state index contributed by atoms with van der Waals surface area (Å²) in [6, 6.07) is 3.52. The summed E-state index contributed by atoms with van der Waals surface area (Å²) in [5.41, 5.74) is 0.869. The molecular formula is C9H12ClN3O. The van der Waals surface area contributed by atoms with Crippen LogP contribution in [0.4, 0.5) is 5.69 Å². The number of hydrogen-bond acceptors (Lipinski definition) is 3. The van der Waals surface area contributed by atoms with E-state index in [0.717, 1.165) is 5.69 Å². The normalized spacial score (nSPS) is 9.57. The number of aromatic nitrogens is 1. The van der Waals surface area contributed by atoms with Gasteiger partial charge in [-0.15, -0.1) is 0 Å². The number of nitrogens with zero attached hydrogens (tertiary/aromatic N) is 1. The van der Waals surface area contributed by atoms with E-state index in [1.54, 1.807) is 25.4 Å². The molecule has 0 aliphatic heterocycles. The van der Waals surface area contributed by atoms with Crippen LogP contribution in [-0.2, 0) is 4.79 Å². The lowest BCUT2D eigenvalue weighted by Gasteiger charge is -2.05. The van der Waals surface area contributed by atoms with Crippen LogP contribution in [0.15, 0.2) is 18.3 Å². The Morgan fingerprint density at radius 3 is 3.07 bits per heavy atom. The molecule has 4 nitrogen and oxygen atoms in total. The summed E-state index contributed by atoms with van der Waals surface area (Å²) in [7, 11) is 1.62. The first-order chi connectivity index (χ1) is 6.72. The van der Waals surface area contributed by atoms with Gasteiger partial charge >= 0.3 is 0 Å². The Morgan fingerprint density at radius 1 is 1.64 bits per heavy atom. The third kappa shape index (κ3) is 3.62. The van der Waals surface area contributed by atoms with E-state index >= 15 is 0 Å². The highest BCUT2D eigenvalue weighted by Crippen LogP contribution is 2.11. The highest BCUT2D eigenvalue weighted by molar-refractivity contribution is 6.29. The Hall–Kier alpha value is -1.29. The van der Waals surface area contributed by atoms with E-state index in [2.05, 4.69) is 15.6 Å². The number of hydrogen-bond donors (Lipinski definition) is 2. The molecule has 0 saturated carbocycles. The van der Waals surface area contributed by atoms with E-state index in [9.17, 15) is 4.79 Å². The van der Waals surface area contributed by atoms with Crippen LogP contribution in [0, 0.1) is 0 Å². The Morgan fingerprint density at radius 2 is 2.43 bits per heavy atom. The van der Waals surface area contributed by atoms with Crippen LogP contribution in [0.1, 0.15) is 6.42 Å². The molecule has 2 N–H and O–H groups in total. The minimum Gasteiger partial charge on any atom is -0.384 e. The van der Waals surface area contributed by atoms with Crippen LogP contribution < -0.4 is 10.6 Å². The van der Waals surface area contributed by atoms with Gasteiger partial charge in [-0.2, -0.15) is 0 Å². The zero-order chi connectivity index (χ0) is 10.4. The highest BCUT2D eigenvalue weighted by Gasteiger charge is 1.97. The molecular weight excluding hydrogens is 202 g/mol. The van der Waals surface area contributed by atoms with Crippen molar-refractivity contribution >= 4 is 23.2 Å². The summed E-state index contributed by atoms with van der Waals surface area (Å²) < 4.78 is 0. The lowest BCUT2D eigenvalue weighted by Crippen LogP contribution is -2.20. The molecule has 0 saturated heterocycles. The van der Waals surface area contributed by atoms with Crippen molar-refractivity contribution in [2.45, 2.75) is 6.42 Å². The lowest BCUT2D eigenvalue weighted by atomic mass is 10.3. The molecule has 0 atom stereocenters. The molecule has 0 bridgehead atoms. The Balaban J connectivity index is 2.35. The van der Waals surface area contributed by atoms with Gasteiger partial charge in [-0.25, -0.2) is 4.98 Å².